The summed E-state index contributed by atoms with van der Waals surface area (Å²) in [7, 11) is 1.69. The first-order valence-corrected chi connectivity index (χ1v) is 10.1. The van der Waals surface area contributed by atoms with Gasteiger partial charge in [-0.25, -0.2) is 4.98 Å². The first-order chi connectivity index (χ1) is 12.5. The summed E-state index contributed by atoms with van der Waals surface area (Å²) in [6, 6.07) is 0. The van der Waals surface area contributed by atoms with E-state index in [1.807, 2.05) is 0 Å². The molecule has 2 N–H and O–H groups in total. The molecule has 2 rings (SSSR count). The Morgan fingerprint density at radius 1 is 1.19 bits per heavy atom. The second-order valence-electron chi connectivity index (χ2n) is 6.41. The van der Waals surface area contributed by atoms with Gasteiger partial charge in [-0.2, -0.15) is 13.2 Å². The molecule has 1 aromatic rings. The Morgan fingerprint density at radius 2 is 1.85 bits per heavy atom. The molecule has 1 aliphatic heterocycles. The van der Waals surface area contributed by atoms with Crippen LogP contribution in [0.5, 0.6) is 0 Å². The number of aromatic nitrogens is 1. The maximum absolute atomic E-state index is 12.5. The van der Waals surface area contributed by atoms with E-state index >= 15 is 0 Å². The SMILES string of the molecule is CN=C(NCCCN1CCCCCC1)NCCc1nc(C(F)(F)F)cs1.I. The summed E-state index contributed by atoms with van der Waals surface area (Å²) in [5.74, 6) is 0.675. The molecule has 0 aromatic carbocycles. The van der Waals surface area contributed by atoms with E-state index in [0.29, 0.717) is 23.9 Å². The Bertz CT molecular complexity index is 557. The van der Waals surface area contributed by atoms with Gasteiger partial charge < -0.3 is 15.5 Å². The quantitative estimate of drug-likeness (QED) is 0.250. The van der Waals surface area contributed by atoms with Crippen LogP contribution in [0.1, 0.15) is 42.8 Å². The van der Waals surface area contributed by atoms with Crippen LogP contribution in [0, 0.1) is 0 Å². The lowest BCUT2D eigenvalue weighted by molar-refractivity contribution is -0.140. The summed E-state index contributed by atoms with van der Waals surface area (Å²) >= 11 is 1.04. The van der Waals surface area contributed by atoms with Crippen molar-refractivity contribution in [1.82, 2.24) is 20.5 Å². The first kappa shape index (κ1) is 24.4. The van der Waals surface area contributed by atoms with Gasteiger partial charge in [0.15, 0.2) is 11.7 Å². The van der Waals surface area contributed by atoms with E-state index in [9.17, 15) is 13.2 Å². The standard InChI is InChI=1S/C17H28F3N5S.HI/c1-21-16(22-8-6-12-25-10-4-2-3-5-11-25)23-9-7-15-24-14(13-26-15)17(18,19)20;/h13H,2-12H2,1H3,(H2,21,22,23);1H. The largest absolute Gasteiger partial charge is 0.434 e. The van der Waals surface area contributed by atoms with Crippen LogP contribution in [0.15, 0.2) is 10.4 Å². The number of alkyl halides is 3. The van der Waals surface area contributed by atoms with Crippen LogP contribution in [-0.2, 0) is 12.6 Å². The molecule has 0 bridgehead atoms. The van der Waals surface area contributed by atoms with Crippen LogP contribution in [0.25, 0.3) is 0 Å². The molecule has 27 heavy (non-hydrogen) atoms. The molecule has 0 aliphatic carbocycles. The van der Waals surface area contributed by atoms with Crippen LogP contribution in [0.3, 0.4) is 0 Å². The number of guanidine groups is 1. The Kier molecular flexibility index (Phi) is 11.5. The van der Waals surface area contributed by atoms with E-state index in [4.69, 9.17) is 0 Å². The van der Waals surface area contributed by atoms with Crippen molar-refractivity contribution in [3.8, 4) is 0 Å². The fraction of sp³-hybridized carbons (Fsp3) is 0.765. The normalized spacial score (nSPS) is 16.5. The number of likely N-dealkylation sites (tertiary alicyclic amines) is 1. The average molecular weight is 519 g/mol. The van der Waals surface area contributed by atoms with Gasteiger partial charge in [0.25, 0.3) is 0 Å². The van der Waals surface area contributed by atoms with Crippen molar-refractivity contribution < 1.29 is 13.2 Å². The number of aliphatic imine (C=N–C) groups is 1. The lowest BCUT2D eigenvalue weighted by Crippen LogP contribution is -2.39. The molecule has 156 valence electrons. The van der Waals surface area contributed by atoms with E-state index in [2.05, 4.69) is 25.5 Å². The lowest BCUT2D eigenvalue weighted by atomic mass is 10.2. The number of halogens is 4. The van der Waals surface area contributed by atoms with Gasteiger partial charge in [0, 0.05) is 31.9 Å². The summed E-state index contributed by atoms with van der Waals surface area (Å²) in [5.41, 5.74) is -0.812. The molecule has 0 saturated carbocycles. The molecule has 0 amide bonds. The van der Waals surface area contributed by atoms with Gasteiger partial charge in [-0.05, 0) is 38.9 Å². The molecule has 10 heteroatoms. The topological polar surface area (TPSA) is 52.6 Å². The molecule has 1 fully saturated rings. The molecule has 0 atom stereocenters. The van der Waals surface area contributed by atoms with Gasteiger partial charge >= 0.3 is 6.18 Å². The molecule has 1 aliphatic rings. The minimum atomic E-state index is -4.37. The molecular weight excluding hydrogens is 490 g/mol. The second kappa shape index (κ2) is 12.8. The highest BCUT2D eigenvalue weighted by Gasteiger charge is 2.33. The molecule has 5 nitrogen and oxygen atoms in total. The van der Waals surface area contributed by atoms with Crippen LogP contribution in [-0.4, -0.2) is 55.6 Å². The molecular formula is C17H29F3IN5S. The minimum absolute atomic E-state index is 0. The third-order valence-corrected chi connectivity index (χ3v) is 5.25. The van der Waals surface area contributed by atoms with Crippen LogP contribution in [0.4, 0.5) is 13.2 Å². The molecule has 1 aromatic heterocycles. The fourth-order valence-electron chi connectivity index (χ4n) is 2.93. The molecule has 0 spiro atoms. The van der Waals surface area contributed by atoms with Gasteiger partial charge in [-0.1, -0.05) is 12.8 Å². The monoisotopic (exact) mass is 519 g/mol. The number of nitrogens with zero attached hydrogens (tertiary/aromatic N) is 3. The number of rotatable bonds is 7. The Morgan fingerprint density at radius 3 is 2.44 bits per heavy atom. The first-order valence-electron chi connectivity index (χ1n) is 9.17. The Labute approximate surface area is 180 Å². The van der Waals surface area contributed by atoms with Gasteiger partial charge in [-0.15, -0.1) is 35.3 Å². The van der Waals surface area contributed by atoms with Gasteiger partial charge in [-0.3, -0.25) is 4.99 Å². The summed E-state index contributed by atoms with van der Waals surface area (Å²) in [4.78, 5) is 10.3. The molecule has 0 radical (unpaired) electrons. The van der Waals surface area contributed by atoms with Crippen LogP contribution >= 0.6 is 35.3 Å². The lowest BCUT2D eigenvalue weighted by Gasteiger charge is -2.20. The van der Waals surface area contributed by atoms with Gasteiger partial charge in [0.2, 0.25) is 0 Å². The van der Waals surface area contributed by atoms with E-state index < -0.39 is 11.9 Å². The van der Waals surface area contributed by atoms with Crippen molar-refractivity contribution in [2.24, 2.45) is 4.99 Å². The zero-order chi connectivity index (χ0) is 18.8. The smallest absolute Gasteiger partial charge is 0.356 e. The zero-order valence-corrected chi connectivity index (χ0v) is 18.8. The van der Waals surface area contributed by atoms with Crippen molar-refractivity contribution in [2.45, 2.75) is 44.7 Å². The van der Waals surface area contributed by atoms with E-state index in [1.165, 1.54) is 38.8 Å². The van der Waals surface area contributed by atoms with E-state index in [1.54, 1.807) is 7.05 Å². The Balaban J connectivity index is 0.00000364. The zero-order valence-electron chi connectivity index (χ0n) is 15.6. The number of nitrogens with one attached hydrogen (secondary N) is 2. The summed E-state index contributed by atoms with van der Waals surface area (Å²) in [6.45, 7) is 4.80. The highest BCUT2D eigenvalue weighted by Crippen LogP contribution is 2.29. The minimum Gasteiger partial charge on any atom is -0.356 e. The van der Waals surface area contributed by atoms with Crippen LogP contribution < -0.4 is 10.6 Å². The van der Waals surface area contributed by atoms with Crippen molar-refractivity contribution in [3.05, 3.63) is 16.1 Å². The maximum Gasteiger partial charge on any atom is 0.434 e. The molecule has 2 heterocycles. The average Bonchev–Trinajstić information content (AvgIpc) is 2.94. The highest BCUT2D eigenvalue weighted by molar-refractivity contribution is 14.0. The summed E-state index contributed by atoms with van der Waals surface area (Å²) < 4.78 is 37.6. The molecule has 1 saturated heterocycles. The van der Waals surface area contributed by atoms with Crippen molar-refractivity contribution >= 4 is 41.3 Å². The fourth-order valence-corrected chi connectivity index (χ4v) is 3.74. The predicted molar refractivity (Wildman–Crippen MR) is 115 cm³/mol. The predicted octanol–water partition coefficient (Wildman–Crippen LogP) is 3.75. The number of hydrogen-bond acceptors (Lipinski definition) is 4. The van der Waals surface area contributed by atoms with Crippen LogP contribution in [0.2, 0.25) is 0 Å². The number of hydrogen-bond donors (Lipinski definition) is 2. The summed E-state index contributed by atoms with van der Waals surface area (Å²) in [6.07, 6.45) is 2.39. The molecule has 0 unspecified atom stereocenters. The number of thiazole rings is 1. The van der Waals surface area contributed by atoms with E-state index in [-0.39, 0.29) is 24.0 Å². The van der Waals surface area contributed by atoms with Crippen molar-refractivity contribution in [2.75, 3.05) is 39.8 Å². The van der Waals surface area contributed by atoms with E-state index in [0.717, 1.165) is 36.2 Å². The van der Waals surface area contributed by atoms with Gasteiger partial charge in [0.05, 0.1) is 5.01 Å². The van der Waals surface area contributed by atoms with Crippen molar-refractivity contribution in [1.29, 1.82) is 0 Å². The third-order valence-electron chi connectivity index (χ3n) is 4.34. The second-order valence-corrected chi connectivity index (χ2v) is 7.35. The highest BCUT2D eigenvalue weighted by atomic mass is 127. The third kappa shape index (κ3) is 9.42. The van der Waals surface area contributed by atoms with Crippen molar-refractivity contribution in [3.63, 3.8) is 0 Å². The maximum atomic E-state index is 12.5. The summed E-state index contributed by atoms with van der Waals surface area (Å²) in [5, 5.41) is 7.91. The Hall–Kier alpha value is -0.620. The van der Waals surface area contributed by atoms with Gasteiger partial charge in [0.1, 0.15) is 0 Å².